The van der Waals surface area contributed by atoms with Crippen LogP contribution in [0, 0.1) is 0 Å². The molecule has 5 heteroatoms. The van der Waals surface area contributed by atoms with Crippen molar-refractivity contribution in [2.45, 2.75) is 32.2 Å². The summed E-state index contributed by atoms with van der Waals surface area (Å²) in [7, 11) is 1.73. The number of aryl methyl sites for hydroxylation is 2. The van der Waals surface area contributed by atoms with Gasteiger partial charge in [0, 0.05) is 12.7 Å². The lowest BCUT2D eigenvalue weighted by molar-refractivity contribution is -0.116. The predicted octanol–water partition coefficient (Wildman–Crippen LogP) is 2.86. The number of anilines is 1. The normalized spacial score (nSPS) is 13.6. The molecule has 1 amide bonds. The molecule has 25 heavy (non-hydrogen) atoms. The fraction of sp³-hybridized carbons (Fsp3) is 0.300. The summed E-state index contributed by atoms with van der Waals surface area (Å²) in [5.74, 6) is -0.169. The minimum atomic E-state index is -0.175. The van der Waals surface area contributed by atoms with Crippen molar-refractivity contribution in [2.24, 2.45) is 7.05 Å². The topological polar surface area (TPSA) is 56.0 Å². The van der Waals surface area contributed by atoms with Gasteiger partial charge in [0.05, 0.1) is 11.0 Å². The molecule has 1 aliphatic carbocycles. The number of nitrogens with one attached hydrogen (secondary N) is 1. The highest BCUT2D eigenvalue weighted by Gasteiger charge is 2.16. The fourth-order valence-electron chi connectivity index (χ4n) is 3.75. The summed E-state index contributed by atoms with van der Waals surface area (Å²) in [6.07, 6.45) is 4.43. The number of aromatic nitrogens is 2. The molecule has 1 aromatic heterocycles. The van der Waals surface area contributed by atoms with E-state index in [9.17, 15) is 9.59 Å². The fourth-order valence-corrected chi connectivity index (χ4v) is 3.75. The summed E-state index contributed by atoms with van der Waals surface area (Å²) in [6, 6.07) is 13.6. The highest BCUT2D eigenvalue weighted by molar-refractivity contribution is 5.92. The van der Waals surface area contributed by atoms with Gasteiger partial charge in [0.15, 0.2) is 0 Å². The summed E-state index contributed by atoms with van der Waals surface area (Å²) >= 11 is 0. The summed E-state index contributed by atoms with van der Waals surface area (Å²) in [4.78, 5) is 25.0. The maximum absolute atomic E-state index is 12.6. The van der Waals surface area contributed by atoms with E-state index in [1.807, 2.05) is 36.4 Å². The van der Waals surface area contributed by atoms with Gasteiger partial charge < -0.3 is 5.32 Å². The van der Waals surface area contributed by atoms with E-state index in [0.29, 0.717) is 0 Å². The lowest BCUT2D eigenvalue weighted by Crippen LogP contribution is -2.28. The Morgan fingerprint density at radius 3 is 2.64 bits per heavy atom. The molecule has 0 saturated heterocycles. The van der Waals surface area contributed by atoms with Gasteiger partial charge in [-0.05, 0) is 55.0 Å². The Balaban J connectivity index is 1.62. The lowest BCUT2D eigenvalue weighted by atomic mass is 9.90. The largest absolute Gasteiger partial charge is 0.329 e. The van der Waals surface area contributed by atoms with Crippen LogP contribution in [0.2, 0.25) is 0 Å². The van der Waals surface area contributed by atoms with Gasteiger partial charge in [-0.2, -0.15) is 0 Å². The van der Waals surface area contributed by atoms with E-state index < -0.39 is 0 Å². The van der Waals surface area contributed by atoms with Crippen molar-refractivity contribution in [1.29, 1.82) is 0 Å². The van der Waals surface area contributed by atoms with Crippen molar-refractivity contribution in [3.63, 3.8) is 0 Å². The standard InChI is InChI=1S/C20H21N3O2/c1-22-17-11-4-5-12-18(17)23(20(22)25)13-19(24)21-16-10-6-8-14-7-2-3-9-15(14)16/h4-6,8,10-12H,2-3,7,9,13H2,1H3,(H,21,24). The molecule has 5 nitrogen and oxygen atoms in total. The van der Waals surface area contributed by atoms with Crippen molar-refractivity contribution in [3.05, 3.63) is 64.1 Å². The van der Waals surface area contributed by atoms with E-state index in [2.05, 4.69) is 11.4 Å². The van der Waals surface area contributed by atoms with Gasteiger partial charge >= 0.3 is 5.69 Å². The average molecular weight is 335 g/mol. The molecule has 128 valence electrons. The number of carbonyl (C=O) groups excluding carboxylic acids is 1. The number of carbonyl (C=O) groups is 1. The van der Waals surface area contributed by atoms with Crippen LogP contribution in [0.5, 0.6) is 0 Å². The van der Waals surface area contributed by atoms with Crippen LogP contribution >= 0.6 is 0 Å². The minimum absolute atomic E-state index is 0.0177. The molecule has 1 aliphatic rings. The highest BCUT2D eigenvalue weighted by Crippen LogP contribution is 2.27. The molecule has 0 spiro atoms. The number of nitrogens with zero attached hydrogens (tertiary/aromatic N) is 2. The van der Waals surface area contributed by atoms with Gasteiger partial charge in [-0.1, -0.05) is 24.3 Å². The summed E-state index contributed by atoms with van der Waals surface area (Å²) < 4.78 is 3.10. The molecule has 2 aromatic carbocycles. The number of hydrogen-bond donors (Lipinski definition) is 1. The van der Waals surface area contributed by atoms with Gasteiger partial charge in [0.1, 0.15) is 6.54 Å². The van der Waals surface area contributed by atoms with Crippen LogP contribution in [-0.2, 0) is 31.2 Å². The van der Waals surface area contributed by atoms with Crippen LogP contribution in [0.15, 0.2) is 47.3 Å². The molecular formula is C20H21N3O2. The first-order chi connectivity index (χ1) is 12.1. The third-order valence-corrected chi connectivity index (χ3v) is 5.02. The van der Waals surface area contributed by atoms with Crippen LogP contribution in [0.25, 0.3) is 11.0 Å². The molecule has 1 heterocycles. The van der Waals surface area contributed by atoms with Gasteiger partial charge in [-0.15, -0.1) is 0 Å². The first kappa shape index (κ1) is 15.7. The van der Waals surface area contributed by atoms with Gasteiger partial charge in [-0.25, -0.2) is 4.79 Å². The number of imidazole rings is 1. The number of fused-ring (bicyclic) bond motifs is 2. The van der Waals surface area contributed by atoms with Crippen molar-refractivity contribution >= 4 is 22.6 Å². The van der Waals surface area contributed by atoms with Crippen LogP contribution in [-0.4, -0.2) is 15.0 Å². The molecule has 0 saturated carbocycles. The number of benzene rings is 2. The second kappa shape index (κ2) is 6.24. The number of rotatable bonds is 3. The number of amides is 1. The number of para-hydroxylation sites is 2. The van der Waals surface area contributed by atoms with E-state index >= 15 is 0 Å². The highest BCUT2D eigenvalue weighted by atomic mass is 16.2. The Labute approximate surface area is 145 Å². The molecule has 1 N–H and O–H groups in total. The Morgan fingerprint density at radius 2 is 1.80 bits per heavy atom. The van der Waals surface area contributed by atoms with Crippen molar-refractivity contribution < 1.29 is 4.79 Å². The van der Waals surface area contributed by atoms with Crippen LogP contribution in [0.1, 0.15) is 24.0 Å². The second-order valence-corrected chi connectivity index (χ2v) is 6.61. The number of hydrogen-bond acceptors (Lipinski definition) is 2. The molecule has 3 aromatic rings. The third kappa shape index (κ3) is 2.76. The van der Waals surface area contributed by atoms with Gasteiger partial charge in [0.25, 0.3) is 0 Å². The third-order valence-electron chi connectivity index (χ3n) is 5.02. The van der Waals surface area contributed by atoms with Crippen molar-refractivity contribution in [2.75, 3.05) is 5.32 Å². The lowest BCUT2D eigenvalue weighted by Gasteiger charge is -2.19. The first-order valence-electron chi connectivity index (χ1n) is 8.70. The molecular weight excluding hydrogens is 314 g/mol. The summed E-state index contributed by atoms with van der Waals surface area (Å²) in [5, 5.41) is 3.01. The molecule has 0 aliphatic heterocycles. The Kier molecular flexibility index (Phi) is 3.92. The maximum atomic E-state index is 12.6. The zero-order chi connectivity index (χ0) is 17.4. The first-order valence-corrected chi connectivity index (χ1v) is 8.70. The van der Waals surface area contributed by atoms with Gasteiger partial charge in [-0.3, -0.25) is 13.9 Å². The van der Waals surface area contributed by atoms with E-state index in [0.717, 1.165) is 36.0 Å². The van der Waals surface area contributed by atoms with Gasteiger partial charge in [0.2, 0.25) is 5.91 Å². The van der Waals surface area contributed by atoms with E-state index in [-0.39, 0.29) is 18.1 Å². The molecule has 0 unspecified atom stereocenters. The van der Waals surface area contributed by atoms with E-state index in [1.165, 1.54) is 22.1 Å². The zero-order valence-electron chi connectivity index (χ0n) is 14.3. The average Bonchev–Trinajstić information content (AvgIpc) is 2.87. The molecule has 0 bridgehead atoms. The summed E-state index contributed by atoms with van der Waals surface area (Å²) in [6.45, 7) is 0.0177. The molecule has 0 fully saturated rings. The second-order valence-electron chi connectivity index (χ2n) is 6.61. The van der Waals surface area contributed by atoms with Crippen LogP contribution in [0.4, 0.5) is 5.69 Å². The Hall–Kier alpha value is -2.82. The van der Waals surface area contributed by atoms with Crippen molar-refractivity contribution in [3.8, 4) is 0 Å². The molecule has 0 radical (unpaired) electrons. The van der Waals surface area contributed by atoms with E-state index in [1.54, 1.807) is 11.6 Å². The SMILES string of the molecule is Cn1c(=O)n(CC(=O)Nc2cccc3c2CCCC3)c2ccccc21. The Morgan fingerprint density at radius 1 is 1.04 bits per heavy atom. The molecule has 0 atom stereocenters. The molecule has 4 rings (SSSR count). The zero-order valence-corrected chi connectivity index (χ0v) is 14.3. The van der Waals surface area contributed by atoms with E-state index in [4.69, 9.17) is 0 Å². The maximum Gasteiger partial charge on any atom is 0.329 e. The minimum Gasteiger partial charge on any atom is -0.324 e. The predicted molar refractivity (Wildman–Crippen MR) is 98.9 cm³/mol. The monoisotopic (exact) mass is 335 g/mol. The smallest absolute Gasteiger partial charge is 0.324 e. The van der Waals surface area contributed by atoms with Crippen LogP contribution < -0.4 is 11.0 Å². The van der Waals surface area contributed by atoms with Crippen LogP contribution in [0.3, 0.4) is 0 Å². The summed E-state index contributed by atoms with van der Waals surface area (Å²) in [5.41, 5.74) is 4.89. The Bertz CT molecular complexity index is 1010. The quantitative estimate of drug-likeness (QED) is 0.800. The van der Waals surface area contributed by atoms with Crippen molar-refractivity contribution in [1.82, 2.24) is 9.13 Å².